The van der Waals surface area contributed by atoms with Crippen LogP contribution in [0.2, 0.25) is 5.02 Å². The number of aromatic nitrogens is 1. The first-order valence-electron chi connectivity index (χ1n) is 5.63. The van der Waals surface area contributed by atoms with Crippen LogP contribution in [0, 0.1) is 0 Å². The van der Waals surface area contributed by atoms with Crippen molar-refractivity contribution in [3.63, 3.8) is 0 Å². The number of carbonyl (C=O) groups excluding carboxylic acids is 1. The Morgan fingerprint density at radius 3 is 3.24 bits per heavy atom. The lowest BCUT2D eigenvalue weighted by molar-refractivity contribution is -0.146. The van der Waals surface area contributed by atoms with Gasteiger partial charge >= 0.3 is 5.97 Å². The summed E-state index contributed by atoms with van der Waals surface area (Å²) in [4.78, 5) is 17.9. The van der Waals surface area contributed by atoms with Gasteiger partial charge in [0.2, 0.25) is 0 Å². The van der Waals surface area contributed by atoms with Crippen molar-refractivity contribution < 1.29 is 9.53 Å². The normalized spacial score (nSPS) is 20.5. The predicted octanol–water partition coefficient (Wildman–Crippen LogP) is 1.87. The molecule has 2 heterocycles. The lowest BCUT2D eigenvalue weighted by atomic mass is 10.2. The van der Waals surface area contributed by atoms with E-state index in [1.54, 1.807) is 12.3 Å². The molecule has 2 rings (SSSR count). The minimum Gasteiger partial charge on any atom is -0.468 e. The fourth-order valence-corrected chi connectivity index (χ4v) is 2.34. The Labute approximate surface area is 106 Å². The number of hydrogen-bond donors (Lipinski definition) is 0. The van der Waals surface area contributed by atoms with Crippen LogP contribution in [-0.4, -0.2) is 35.5 Å². The summed E-state index contributed by atoms with van der Waals surface area (Å²) in [6, 6.07) is 3.43. The number of nitrogens with zero attached hydrogens (tertiary/aromatic N) is 2. The van der Waals surface area contributed by atoms with E-state index in [-0.39, 0.29) is 12.0 Å². The number of ether oxygens (including phenoxy) is 1. The molecule has 0 spiro atoms. The lowest BCUT2D eigenvalue weighted by Gasteiger charge is -2.21. The van der Waals surface area contributed by atoms with Crippen LogP contribution in [0.5, 0.6) is 0 Å². The number of likely N-dealkylation sites (tertiary alicyclic amines) is 1. The zero-order valence-electron chi connectivity index (χ0n) is 9.73. The van der Waals surface area contributed by atoms with Crippen LogP contribution in [-0.2, 0) is 16.1 Å². The second-order valence-electron chi connectivity index (χ2n) is 4.12. The van der Waals surface area contributed by atoms with Crippen LogP contribution >= 0.6 is 11.6 Å². The van der Waals surface area contributed by atoms with E-state index in [9.17, 15) is 4.79 Å². The van der Waals surface area contributed by atoms with E-state index >= 15 is 0 Å². The van der Waals surface area contributed by atoms with Crippen LogP contribution in [0.1, 0.15) is 18.5 Å². The van der Waals surface area contributed by atoms with Crippen molar-refractivity contribution in [2.45, 2.75) is 25.4 Å². The van der Waals surface area contributed by atoms with Gasteiger partial charge in [-0.05, 0) is 31.5 Å². The zero-order chi connectivity index (χ0) is 12.3. The minimum absolute atomic E-state index is 0.138. The second-order valence-corrected chi connectivity index (χ2v) is 4.55. The quantitative estimate of drug-likeness (QED) is 0.773. The van der Waals surface area contributed by atoms with Gasteiger partial charge in [0.25, 0.3) is 0 Å². The van der Waals surface area contributed by atoms with Gasteiger partial charge in [0.1, 0.15) is 6.04 Å². The summed E-state index contributed by atoms with van der Waals surface area (Å²) in [6.07, 6.45) is 3.55. The topological polar surface area (TPSA) is 42.4 Å². The number of rotatable bonds is 3. The van der Waals surface area contributed by atoms with Crippen LogP contribution < -0.4 is 0 Å². The van der Waals surface area contributed by atoms with Crippen molar-refractivity contribution >= 4 is 17.6 Å². The molecule has 0 aromatic carbocycles. The van der Waals surface area contributed by atoms with Crippen molar-refractivity contribution in [3.8, 4) is 0 Å². The molecular formula is C12H15ClN2O2. The summed E-state index contributed by atoms with van der Waals surface area (Å²) >= 11 is 5.91. The number of carbonyl (C=O) groups is 1. The van der Waals surface area contributed by atoms with Crippen LogP contribution in [0.3, 0.4) is 0 Å². The largest absolute Gasteiger partial charge is 0.468 e. The summed E-state index contributed by atoms with van der Waals surface area (Å²) in [5.74, 6) is -0.162. The van der Waals surface area contributed by atoms with Crippen molar-refractivity contribution in [3.05, 3.63) is 29.0 Å². The fourth-order valence-electron chi connectivity index (χ4n) is 2.16. The summed E-state index contributed by atoms with van der Waals surface area (Å²) in [5, 5.41) is 0.670. The SMILES string of the molecule is COC(=O)C1CCCN1Cc1cc(Cl)ccn1. The molecule has 1 fully saturated rings. The predicted molar refractivity (Wildman–Crippen MR) is 64.7 cm³/mol. The standard InChI is InChI=1S/C12H15ClN2O2/c1-17-12(16)11-3-2-6-15(11)8-10-7-9(13)4-5-14-10/h4-5,7,11H,2-3,6,8H2,1H3. The molecule has 1 atom stereocenters. The zero-order valence-corrected chi connectivity index (χ0v) is 10.5. The van der Waals surface area contributed by atoms with E-state index in [2.05, 4.69) is 9.88 Å². The van der Waals surface area contributed by atoms with Gasteiger partial charge in [-0.15, -0.1) is 0 Å². The maximum atomic E-state index is 11.6. The summed E-state index contributed by atoms with van der Waals surface area (Å²) in [7, 11) is 1.43. The van der Waals surface area contributed by atoms with Gasteiger partial charge in [-0.3, -0.25) is 14.7 Å². The van der Waals surface area contributed by atoms with Gasteiger partial charge in [-0.25, -0.2) is 0 Å². The van der Waals surface area contributed by atoms with E-state index in [1.807, 2.05) is 6.07 Å². The highest BCUT2D eigenvalue weighted by molar-refractivity contribution is 6.30. The van der Waals surface area contributed by atoms with Crippen molar-refractivity contribution in [2.75, 3.05) is 13.7 Å². The maximum absolute atomic E-state index is 11.6. The fraction of sp³-hybridized carbons (Fsp3) is 0.500. The monoisotopic (exact) mass is 254 g/mol. The molecule has 0 aliphatic carbocycles. The highest BCUT2D eigenvalue weighted by Gasteiger charge is 2.31. The Bertz CT molecular complexity index is 411. The van der Waals surface area contributed by atoms with Crippen molar-refractivity contribution in [2.24, 2.45) is 0 Å². The van der Waals surface area contributed by atoms with Crippen molar-refractivity contribution in [1.82, 2.24) is 9.88 Å². The first kappa shape index (κ1) is 12.3. The smallest absolute Gasteiger partial charge is 0.323 e. The molecule has 92 valence electrons. The highest BCUT2D eigenvalue weighted by atomic mass is 35.5. The Morgan fingerprint density at radius 1 is 1.71 bits per heavy atom. The molecule has 1 aliphatic heterocycles. The van der Waals surface area contributed by atoms with Crippen LogP contribution in [0.15, 0.2) is 18.3 Å². The number of hydrogen-bond acceptors (Lipinski definition) is 4. The van der Waals surface area contributed by atoms with E-state index in [1.165, 1.54) is 7.11 Å². The Kier molecular flexibility index (Phi) is 3.97. The van der Waals surface area contributed by atoms with E-state index in [0.29, 0.717) is 11.6 Å². The molecular weight excluding hydrogens is 240 g/mol. The van der Waals surface area contributed by atoms with Gasteiger partial charge in [0.15, 0.2) is 0 Å². The maximum Gasteiger partial charge on any atom is 0.323 e. The minimum atomic E-state index is -0.162. The molecule has 1 aromatic rings. The van der Waals surface area contributed by atoms with Gasteiger partial charge in [0, 0.05) is 17.8 Å². The average Bonchev–Trinajstić information content (AvgIpc) is 2.76. The van der Waals surface area contributed by atoms with Gasteiger partial charge in [-0.1, -0.05) is 11.6 Å². The van der Waals surface area contributed by atoms with Crippen LogP contribution in [0.25, 0.3) is 0 Å². The molecule has 17 heavy (non-hydrogen) atoms. The van der Waals surface area contributed by atoms with Gasteiger partial charge < -0.3 is 4.74 Å². The number of pyridine rings is 1. The van der Waals surface area contributed by atoms with Gasteiger partial charge in [-0.2, -0.15) is 0 Å². The van der Waals surface area contributed by atoms with E-state index in [4.69, 9.17) is 16.3 Å². The molecule has 1 unspecified atom stereocenters. The lowest BCUT2D eigenvalue weighted by Crippen LogP contribution is -2.36. The Hall–Kier alpha value is -1.13. The molecule has 1 aromatic heterocycles. The highest BCUT2D eigenvalue weighted by Crippen LogP contribution is 2.21. The summed E-state index contributed by atoms with van der Waals surface area (Å²) in [6.45, 7) is 1.54. The molecule has 0 amide bonds. The van der Waals surface area contributed by atoms with E-state index in [0.717, 1.165) is 25.1 Å². The first-order valence-corrected chi connectivity index (χ1v) is 6.01. The van der Waals surface area contributed by atoms with Crippen molar-refractivity contribution in [1.29, 1.82) is 0 Å². The molecule has 1 saturated heterocycles. The average molecular weight is 255 g/mol. The Balaban J connectivity index is 2.05. The number of methoxy groups -OCH3 is 1. The third-order valence-electron chi connectivity index (χ3n) is 2.98. The summed E-state index contributed by atoms with van der Waals surface area (Å²) < 4.78 is 4.80. The molecule has 0 radical (unpaired) electrons. The Morgan fingerprint density at radius 2 is 2.53 bits per heavy atom. The molecule has 1 aliphatic rings. The molecule has 0 saturated carbocycles. The molecule has 0 bridgehead atoms. The molecule has 5 heteroatoms. The first-order chi connectivity index (χ1) is 8.20. The molecule has 4 nitrogen and oxygen atoms in total. The van der Waals surface area contributed by atoms with Gasteiger partial charge in [0.05, 0.1) is 12.8 Å². The second kappa shape index (κ2) is 5.47. The third kappa shape index (κ3) is 2.96. The number of halogens is 1. The third-order valence-corrected chi connectivity index (χ3v) is 3.22. The van der Waals surface area contributed by atoms with Crippen LogP contribution in [0.4, 0.5) is 0 Å². The number of esters is 1. The van der Waals surface area contributed by atoms with E-state index < -0.39 is 0 Å². The summed E-state index contributed by atoms with van der Waals surface area (Å²) in [5.41, 5.74) is 0.883. The molecule has 0 N–H and O–H groups in total.